The Hall–Kier alpha value is -2.48. The highest BCUT2D eigenvalue weighted by molar-refractivity contribution is 5.82. The monoisotopic (exact) mass is 396 g/mol. The summed E-state index contributed by atoms with van der Waals surface area (Å²) in [5.74, 6) is 0.898. The Labute approximate surface area is 170 Å². The smallest absolute Gasteiger partial charge is 0.252 e. The number of amides is 1. The molecule has 0 radical (unpaired) electrons. The molecule has 3 aliphatic rings. The van der Waals surface area contributed by atoms with E-state index < -0.39 is 0 Å². The molecule has 8 nitrogen and oxygen atoms in total. The molecule has 3 fully saturated rings. The predicted molar refractivity (Wildman–Crippen MR) is 108 cm³/mol. The molecule has 3 aliphatic heterocycles. The fourth-order valence-electron chi connectivity index (χ4n) is 4.77. The highest BCUT2D eigenvalue weighted by atomic mass is 16.5. The van der Waals surface area contributed by atoms with Crippen molar-refractivity contribution in [3.63, 3.8) is 0 Å². The molecule has 0 aliphatic carbocycles. The molecule has 5 heterocycles. The molecule has 8 heteroatoms. The Morgan fingerprint density at radius 1 is 1.10 bits per heavy atom. The zero-order valence-corrected chi connectivity index (χ0v) is 16.7. The average molecular weight is 396 g/mol. The van der Waals surface area contributed by atoms with Gasteiger partial charge in [-0.25, -0.2) is 9.97 Å². The number of nitrogens with zero attached hydrogens (tertiary/aromatic N) is 5. The predicted octanol–water partition coefficient (Wildman–Crippen LogP) is 2.70. The molecule has 2 aromatic rings. The number of aromatic amines is 1. The first kappa shape index (κ1) is 18.5. The average Bonchev–Trinajstić information content (AvgIpc) is 3.55. The van der Waals surface area contributed by atoms with E-state index in [0.717, 1.165) is 74.6 Å². The van der Waals surface area contributed by atoms with Crippen molar-refractivity contribution in [3.8, 4) is 11.3 Å². The van der Waals surface area contributed by atoms with Crippen molar-refractivity contribution >= 4 is 11.9 Å². The van der Waals surface area contributed by atoms with E-state index in [0.29, 0.717) is 6.61 Å². The highest BCUT2D eigenvalue weighted by Gasteiger charge is 2.37. The lowest BCUT2D eigenvalue weighted by Crippen LogP contribution is -2.41. The van der Waals surface area contributed by atoms with Gasteiger partial charge in [0.25, 0.3) is 5.91 Å². The van der Waals surface area contributed by atoms with Crippen LogP contribution in [0, 0.1) is 0 Å². The Bertz CT molecular complexity index is 856. The first-order valence-electron chi connectivity index (χ1n) is 10.8. The number of nitrogens with one attached hydrogen (secondary N) is 1. The SMILES string of the molecule is O=C([C@H]1CCCCO1)N1CCC[C@H]1c1[nH]ncc1-c1ccnc(N2CCCC2)n1. The van der Waals surface area contributed by atoms with E-state index in [1.54, 1.807) is 0 Å². The zero-order chi connectivity index (χ0) is 19.6. The first-order chi connectivity index (χ1) is 14.3. The largest absolute Gasteiger partial charge is 0.368 e. The summed E-state index contributed by atoms with van der Waals surface area (Å²) in [4.78, 5) is 26.6. The molecule has 2 atom stereocenters. The third kappa shape index (κ3) is 3.61. The number of rotatable bonds is 4. The normalized spacial score (nSPS) is 25.0. The van der Waals surface area contributed by atoms with E-state index in [1.165, 1.54) is 12.8 Å². The fourth-order valence-corrected chi connectivity index (χ4v) is 4.77. The Morgan fingerprint density at radius 3 is 2.83 bits per heavy atom. The van der Waals surface area contributed by atoms with E-state index >= 15 is 0 Å². The number of H-pyrrole nitrogens is 1. The lowest BCUT2D eigenvalue weighted by atomic mass is 10.0. The quantitative estimate of drug-likeness (QED) is 0.855. The van der Waals surface area contributed by atoms with Crippen LogP contribution in [0.1, 0.15) is 56.7 Å². The van der Waals surface area contributed by atoms with Crippen LogP contribution in [0.4, 0.5) is 5.95 Å². The summed E-state index contributed by atoms with van der Waals surface area (Å²) >= 11 is 0. The van der Waals surface area contributed by atoms with Gasteiger partial charge in [0.15, 0.2) is 0 Å². The molecule has 154 valence electrons. The molecule has 0 spiro atoms. The number of carbonyl (C=O) groups is 1. The second-order valence-electron chi connectivity index (χ2n) is 8.18. The van der Waals surface area contributed by atoms with Crippen molar-refractivity contribution in [1.29, 1.82) is 0 Å². The van der Waals surface area contributed by atoms with Crippen LogP contribution in [0.15, 0.2) is 18.5 Å². The maximum absolute atomic E-state index is 13.1. The number of ether oxygens (including phenoxy) is 1. The molecule has 2 aromatic heterocycles. The van der Waals surface area contributed by atoms with Crippen molar-refractivity contribution in [2.75, 3.05) is 31.1 Å². The molecule has 1 amide bonds. The number of likely N-dealkylation sites (tertiary alicyclic amines) is 1. The van der Waals surface area contributed by atoms with Gasteiger partial charge in [-0.15, -0.1) is 0 Å². The zero-order valence-electron chi connectivity index (χ0n) is 16.7. The molecular formula is C21H28N6O2. The molecule has 3 saturated heterocycles. The number of anilines is 1. The minimum atomic E-state index is -0.295. The van der Waals surface area contributed by atoms with Crippen LogP contribution >= 0.6 is 0 Å². The number of hydrogen-bond acceptors (Lipinski definition) is 6. The highest BCUT2D eigenvalue weighted by Crippen LogP contribution is 2.37. The van der Waals surface area contributed by atoms with Gasteiger partial charge in [0, 0.05) is 38.0 Å². The molecule has 0 bridgehead atoms. The van der Waals surface area contributed by atoms with Gasteiger partial charge in [0.2, 0.25) is 5.95 Å². The molecule has 1 N–H and O–H groups in total. The molecule has 29 heavy (non-hydrogen) atoms. The minimum absolute atomic E-state index is 0.00396. The lowest BCUT2D eigenvalue weighted by Gasteiger charge is -2.30. The van der Waals surface area contributed by atoms with Crippen molar-refractivity contribution in [2.45, 2.75) is 57.1 Å². The summed E-state index contributed by atoms with van der Waals surface area (Å²) in [5, 5.41) is 7.47. The summed E-state index contributed by atoms with van der Waals surface area (Å²) in [7, 11) is 0. The van der Waals surface area contributed by atoms with E-state index in [2.05, 4.69) is 20.1 Å². The Balaban J connectivity index is 1.41. The summed E-state index contributed by atoms with van der Waals surface area (Å²) in [6, 6.07) is 1.93. The molecule has 0 unspecified atom stereocenters. The second kappa shape index (κ2) is 8.10. The van der Waals surface area contributed by atoms with Crippen LogP contribution < -0.4 is 4.90 Å². The molecule has 0 aromatic carbocycles. The van der Waals surface area contributed by atoms with Gasteiger partial charge < -0.3 is 14.5 Å². The van der Waals surface area contributed by atoms with Crippen LogP contribution in [0.3, 0.4) is 0 Å². The second-order valence-corrected chi connectivity index (χ2v) is 8.18. The van der Waals surface area contributed by atoms with E-state index in [4.69, 9.17) is 9.72 Å². The standard InChI is InChI=1S/C21H28N6O2/c28-20(18-7-1-4-13-29-18)27-12-5-6-17(27)19-15(14-23-25-19)16-8-9-22-21(24-16)26-10-2-3-11-26/h8-9,14,17-18H,1-7,10-13H2,(H,23,25)/t17-,18+/m0/s1. The molecule has 0 saturated carbocycles. The van der Waals surface area contributed by atoms with Crippen molar-refractivity contribution < 1.29 is 9.53 Å². The van der Waals surface area contributed by atoms with Gasteiger partial charge in [-0.2, -0.15) is 5.10 Å². The maximum atomic E-state index is 13.1. The summed E-state index contributed by atoms with van der Waals surface area (Å²) in [6.45, 7) is 3.47. The van der Waals surface area contributed by atoms with Crippen LogP contribution in [0.2, 0.25) is 0 Å². The van der Waals surface area contributed by atoms with Crippen LogP contribution in [-0.2, 0) is 9.53 Å². The van der Waals surface area contributed by atoms with Gasteiger partial charge in [0.1, 0.15) is 6.10 Å². The lowest BCUT2D eigenvalue weighted by molar-refractivity contribution is -0.147. The summed E-state index contributed by atoms with van der Waals surface area (Å²) in [6.07, 6.45) is 10.6. The Kier molecular flexibility index (Phi) is 5.18. The van der Waals surface area contributed by atoms with Gasteiger partial charge >= 0.3 is 0 Å². The number of hydrogen-bond donors (Lipinski definition) is 1. The van der Waals surface area contributed by atoms with E-state index in [-0.39, 0.29) is 18.1 Å². The van der Waals surface area contributed by atoms with E-state index in [1.807, 2.05) is 23.4 Å². The van der Waals surface area contributed by atoms with Crippen molar-refractivity contribution in [1.82, 2.24) is 25.1 Å². The van der Waals surface area contributed by atoms with Crippen molar-refractivity contribution in [2.24, 2.45) is 0 Å². The Morgan fingerprint density at radius 2 is 2.00 bits per heavy atom. The number of carbonyl (C=O) groups excluding carboxylic acids is 1. The summed E-state index contributed by atoms with van der Waals surface area (Å²) in [5.41, 5.74) is 2.79. The van der Waals surface area contributed by atoms with E-state index in [9.17, 15) is 4.79 Å². The number of aromatic nitrogens is 4. The topological polar surface area (TPSA) is 87.2 Å². The van der Waals surface area contributed by atoms with Crippen molar-refractivity contribution in [3.05, 3.63) is 24.2 Å². The molecule has 5 rings (SSSR count). The van der Waals surface area contributed by atoms with Crippen LogP contribution in [0.25, 0.3) is 11.3 Å². The maximum Gasteiger partial charge on any atom is 0.252 e. The van der Waals surface area contributed by atoms with Gasteiger partial charge in [0.05, 0.1) is 23.6 Å². The van der Waals surface area contributed by atoms with Gasteiger partial charge in [-0.05, 0) is 51.0 Å². The molecular weight excluding hydrogens is 368 g/mol. The van der Waals surface area contributed by atoms with Crippen LogP contribution in [-0.4, -0.2) is 63.3 Å². The fraction of sp³-hybridized carbons (Fsp3) is 0.619. The third-order valence-corrected chi connectivity index (χ3v) is 6.30. The third-order valence-electron chi connectivity index (χ3n) is 6.30. The first-order valence-corrected chi connectivity index (χ1v) is 10.8. The minimum Gasteiger partial charge on any atom is -0.368 e. The van der Waals surface area contributed by atoms with Gasteiger partial charge in [-0.1, -0.05) is 0 Å². The van der Waals surface area contributed by atoms with Crippen LogP contribution in [0.5, 0.6) is 0 Å². The van der Waals surface area contributed by atoms with Gasteiger partial charge in [-0.3, -0.25) is 9.89 Å². The summed E-state index contributed by atoms with van der Waals surface area (Å²) < 4.78 is 5.76.